The maximum absolute atomic E-state index is 5.53. The van der Waals surface area contributed by atoms with E-state index in [9.17, 15) is 0 Å². The number of nitrogens with zero attached hydrogens (tertiary/aromatic N) is 1. The molecule has 2 rings (SSSR count). The van der Waals surface area contributed by atoms with E-state index in [1.54, 1.807) is 14.2 Å². The van der Waals surface area contributed by atoms with Gasteiger partial charge in [-0.05, 0) is 25.1 Å². The van der Waals surface area contributed by atoms with Crippen molar-refractivity contribution in [3.05, 3.63) is 30.3 Å². The lowest BCUT2D eigenvalue weighted by atomic mass is 10.1. The maximum Gasteiger partial charge on any atom is 0.181 e. The van der Waals surface area contributed by atoms with Gasteiger partial charge >= 0.3 is 0 Å². The largest absolute Gasteiger partial charge is 0.497 e. The van der Waals surface area contributed by atoms with E-state index in [1.165, 1.54) is 6.39 Å². The molecule has 0 aliphatic rings. The van der Waals surface area contributed by atoms with E-state index in [4.69, 9.17) is 13.9 Å². The second-order valence-corrected chi connectivity index (χ2v) is 4.37. The zero-order chi connectivity index (χ0) is 14.4. The van der Waals surface area contributed by atoms with Crippen molar-refractivity contribution in [1.82, 2.24) is 10.3 Å². The van der Waals surface area contributed by atoms with E-state index >= 15 is 0 Å². The fourth-order valence-corrected chi connectivity index (χ4v) is 1.98. The van der Waals surface area contributed by atoms with Crippen LogP contribution in [0.1, 0.15) is 19.0 Å². The molecule has 0 radical (unpaired) electrons. The molecule has 5 nitrogen and oxygen atoms in total. The van der Waals surface area contributed by atoms with Crippen LogP contribution in [-0.4, -0.2) is 25.7 Å². The molecule has 0 saturated heterocycles. The van der Waals surface area contributed by atoms with Crippen molar-refractivity contribution < 1.29 is 13.9 Å². The molecule has 0 aliphatic carbocycles. The number of benzene rings is 1. The average Bonchev–Trinajstić information content (AvgIpc) is 2.95. The highest BCUT2D eigenvalue weighted by atomic mass is 16.5. The number of aromatic nitrogens is 1. The Bertz CT molecular complexity index is 552. The summed E-state index contributed by atoms with van der Waals surface area (Å²) >= 11 is 0. The molecule has 0 bridgehead atoms. The van der Waals surface area contributed by atoms with Gasteiger partial charge in [0.05, 0.1) is 19.8 Å². The summed E-state index contributed by atoms with van der Waals surface area (Å²) in [7, 11) is 3.26. The van der Waals surface area contributed by atoms with E-state index in [-0.39, 0.29) is 0 Å². The topological polar surface area (TPSA) is 56.5 Å². The Balaban J connectivity index is 2.29. The Morgan fingerprint density at radius 2 is 2.10 bits per heavy atom. The molecule has 0 aliphatic heterocycles. The number of oxazole rings is 1. The summed E-state index contributed by atoms with van der Waals surface area (Å²) in [5.74, 6) is 2.18. The summed E-state index contributed by atoms with van der Waals surface area (Å²) in [5.41, 5.74) is 1.75. The predicted octanol–water partition coefficient (Wildman–Crippen LogP) is 2.86. The van der Waals surface area contributed by atoms with Gasteiger partial charge in [0.25, 0.3) is 0 Å². The molecule has 0 unspecified atom stereocenters. The average molecular weight is 276 g/mol. The first-order valence-electron chi connectivity index (χ1n) is 6.65. The van der Waals surface area contributed by atoms with Crippen LogP contribution in [0.15, 0.2) is 29.0 Å². The van der Waals surface area contributed by atoms with Crippen LogP contribution in [0.4, 0.5) is 0 Å². The SMILES string of the molecule is CCCNCc1ncoc1-c1ccc(OC)cc1OC. The van der Waals surface area contributed by atoms with Gasteiger partial charge in [-0.3, -0.25) is 0 Å². The Morgan fingerprint density at radius 3 is 2.80 bits per heavy atom. The summed E-state index contributed by atoms with van der Waals surface area (Å²) in [6, 6.07) is 5.63. The van der Waals surface area contributed by atoms with E-state index in [0.717, 1.165) is 35.7 Å². The molecule has 1 aromatic carbocycles. The van der Waals surface area contributed by atoms with Crippen molar-refractivity contribution >= 4 is 0 Å². The van der Waals surface area contributed by atoms with Gasteiger partial charge in [0.15, 0.2) is 12.2 Å². The fraction of sp³-hybridized carbons (Fsp3) is 0.400. The van der Waals surface area contributed by atoms with Gasteiger partial charge in [-0.25, -0.2) is 4.98 Å². The minimum Gasteiger partial charge on any atom is -0.497 e. The summed E-state index contributed by atoms with van der Waals surface area (Å²) in [6.07, 6.45) is 2.54. The monoisotopic (exact) mass is 276 g/mol. The van der Waals surface area contributed by atoms with E-state index < -0.39 is 0 Å². The van der Waals surface area contributed by atoms with Crippen molar-refractivity contribution in [1.29, 1.82) is 0 Å². The number of nitrogens with one attached hydrogen (secondary N) is 1. The van der Waals surface area contributed by atoms with Gasteiger partial charge < -0.3 is 19.2 Å². The molecule has 20 heavy (non-hydrogen) atoms. The lowest BCUT2D eigenvalue weighted by Gasteiger charge is -2.09. The third kappa shape index (κ3) is 3.11. The highest BCUT2D eigenvalue weighted by Crippen LogP contribution is 2.34. The molecule has 2 aromatic rings. The number of hydrogen-bond donors (Lipinski definition) is 1. The summed E-state index contributed by atoms with van der Waals surface area (Å²) < 4.78 is 16.1. The zero-order valence-electron chi connectivity index (χ0n) is 12.1. The van der Waals surface area contributed by atoms with Crippen LogP contribution in [0.2, 0.25) is 0 Å². The van der Waals surface area contributed by atoms with Crippen LogP contribution in [0.25, 0.3) is 11.3 Å². The molecular formula is C15H20N2O3. The molecule has 0 saturated carbocycles. The minimum atomic E-state index is 0.675. The molecule has 0 atom stereocenters. The van der Waals surface area contributed by atoms with E-state index in [0.29, 0.717) is 12.3 Å². The van der Waals surface area contributed by atoms with Gasteiger partial charge in [0, 0.05) is 12.6 Å². The van der Waals surface area contributed by atoms with Crippen LogP contribution in [0.5, 0.6) is 11.5 Å². The number of methoxy groups -OCH3 is 2. The molecule has 0 spiro atoms. The van der Waals surface area contributed by atoms with Crippen LogP contribution in [0.3, 0.4) is 0 Å². The third-order valence-electron chi connectivity index (χ3n) is 3.01. The first-order valence-corrected chi connectivity index (χ1v) is 6.65. The zero-order valence-corrected chi connectivity index (χ0v) is 12.1. The van der Waals surface area contributed by atoms with E-state index in [2.05, 4.69) is 17.2 Å². The molecule has 0 fully saturated rings. The third-order valence-corrected chi connectivity index (χ3v) is 3.01. The first kappa shape index (κ1) is 14.4. The Hall–Kier alpha value is -2.01. The van der Waals surface area contributed by atoms with Crippen LogP contribution < -0.4 is 14.8 Å². The number of hydrogen-bond acceptors (Lipinski definition) is 5. The molecule has 108 valence electrons. The van der Waals surface area contributed by atoms with Crippen molar-refractivity contribution in [2.24, 2.45) is 0 Å². The second kappa shape index (κ2) is 6.96. The van der Waals surface area contributed by atoms with Gasteiger partial charge in [-0.15, -0.1) is 0 Å². The molecule has 5 heteroatoms. The van der Waals surface area contributed by atoms with Gasteiger partial charge in [-0.2, -0.15) is 0 Å². The highest BCUT2D eigenvalue weighted by Gasteiger charge is 2.15. The summed E-state index contributed by atoms with van der Waals surface area (Å²) in [6.45, 7) is 3.75. The van der Waals surface area contributed by atoms with Gasteiger partial charge in [0.2, 0.25) is 0 Å². The van der Waals surface area contributed by atoms with Crippen LogP contribution in [-0.2, 0) is 6.54 Å². The van der Waals surface area contributed by atoms with Crippen molar-refractivity contribution in [2.45, 2.75) is 19.9 Å². The van der Waals surface area contributed by atoms with Crippen LogP contribution in [0, 0.1) is 0 Å². The lowest BCUT2D eigenvalue weighted by Crippen LogP contribution is -2.14. The Morgan fingerprint density at radius 1 is 1.25 bits per heavy atom. The summed E-state index contributed by atoms with van der Waals surface area (Å²) in [4.78, 5) is 4.27. The summed E-state index contributed by atoms with van der Waals surface area (Å²) in [5, 5.41) is 3.32. The minimum absolute atomic E-state index is 0.675. The standard InChI is InChI=1S/C15H20N2O3/c1-4-7-16-9-13-15(20-10-17-13)12-6-5-11(18-2)8-14(12)19-3/h5-6,8,10,16H,4,7,9H2,1-3H3. The second-order valence-electron chi connectivity index (χ2n) is 4.37. The van der Waals surface area contributed by atoms with Gasteiger partial charge in [0.1, 0.15) is 17.2 Å². The van der Waals surface area contributed by atoms with E-state index in [1.807, 2.05) is 18.2 Å². The number of rotatable bonds is 7. The fourth-order valence-electron chi connectivity index (χ4n) is 1.98. The maximum atomic E-state index is 5.53. The Labute approximate surface area is 118 Å². The van der Waals surface area contributed by atoms with Crippen LogP contribution >= 0.6 is 0 Å². The predicted molar refractivity (Wildman–Crippen MR) is 77.0 cm³/mol. The molecule has 1 heterocycles. The molecule has 1 N–H and O–H groups in total. The quantitative estimate of drug-likeness (QED) is 0.788. The first-order chi connectivity index (χ1) is 9.80. The molecular weight excluding hydrogens is 256 g/mol. The normalized spacial score (nSPS) is 10.6. The Kier molecular flexibility index (Phi) is 5.01. The highest BCUT2D eigenvalue weighted by molar-refractivity contribution is 5.68. The molecule has 0 amide bonds. The number of ether oxygens (including phenoxy) is 2. The lowest BCUT2D eigenvalue weighted by molar-refractivity contribution is 0.394. The van der Waals surface area contributed by atoms with Crippen molar-refractivity contribution in [3.8, 4) is 22.8 Å². The van der Waals surface area contributed by atoms with Gasteiger partial charge in [-0.1, -0.05) is 6.92 Å². The van der Waals surface area contributed by atoms with Crippen molar-refractivity contribution in [2.75, 3.05) is 20.8 Å². The smallest absolute Gasteiger partial charge is 0.181 e. The van der Waals surface area contributed by atoms with Crippen molar-refractivity contribution in [3.63, 3.8) is 0 Å². The molecule has 1 aromatic heterocycles.